The number of nitrogens with zero attached hydrogens (tertiary/aromatic N) is 1. The third kappa shape index (κ3) is 3.78. The average molecular weight is 356 g/mol. The molecule has 20 heavy (non-hydrogen) atoms. The van der Waals surface area contributed by atoms with Crippen molar-refractivity contribution in [2.24, 2.45) is 0 Å². The Bertz CT molecular complexity index is 631. The Morgan fingerprint density at radius 3 is 2.85 bits per heavy atom. The summed E-state index contributed by atoms with van der Waals surface area (Å²) in [5.41, 5.74) is 0.491. The number of carbonyl (C=O) groups excluding carboxylic acids is 1. The number of halogens is 1. The molecule has 8 heteroatoms. The third-order valence-corrected chi connectivity index (χ3v) is 3.82. The Morgan fingerprint density at radius 1 is 1.40 bits per heavy atom. The molecule has 0 saturated heterocycles. The van der Waals surface area contributed by atoms with Crippen LogP contribution in [0.2, 0.25) is 0 Å². The summed E-state index contributed by atoms with van der Waals surface area (Å²) in [6, 6.07) is 3.98. The molecular formula is C12H10BrN3O3S. The highest BCUT2D eigenvalue weighted by atomic mass is 79.9. The Balaban J connectivity index is 2.00. The van der Waals surface area contributed by atoms with E-state index in [1.807, 2.05) is 5.38 Å². The number of rotatable bonds is 4. The zero-order valence-electron chi connectivity index (χ0n) is 10.1. The quantitative estimate of drug-likeness (QED) is 0.786. The molecule has 0 aliphatic rings. The summed E-state index contributed by atoms with van der Waals surface area (Å²) in [5, 5.41) is 16.7. The van der Waals surface area contributed by atoms with Crippen molar-refractivity contribution in [1.29, 1.82) is 0 Å². The number of hydrogen-bond donors (Lipinski definition) is 3. The van der Waals surface area contributed by atoms with E-state index in [2.05, 4.69) is 31.5 Å². The molecule has 2 rings (SSSR count). The minimum absolute atomic E-state index is 0.100. The van der Waals surface area contributed by atoms with Gasteiger partial charge in [-0.25, -0.2) is 14.6 Å². The van der Waals surface area contributed by atoms with Crippen molar-refractivity contribution in [1.82, 2.24) is 10.3 Å². The van der Waals surface area contributed by atoms with Crippen molar-refractivity contribution in [3.8, 4) is 0 Å². The van der Waals surface area contributed by atoms with Crippen molar-refractivity contribution >= 4 is 45.0 Å². The van der Waals surface area contributed by atoms with Crippen LogP contribution in [0, 0.1) is 0 Å². The van der Waals surface area contributed by atoms with Crippen LogP contribution in [-0.2, 0) is 6.54 Å². The Morgan fingerprint density at radius 2 is 2.20 bits per heavy atom. The van der Waals surface area contributed by atoms with Gasteiger partial charge < -0.3 is 15.7 Å². The summed E-state index contributed by atoms with van der Waals surface area (Å²) in [5.74, 6) is -1.05. The maximum atomic E-state index is 11.7. The van der Waals surface area contributed by atoms with E-state index in [1.165, 1.54) is 23.5 Å². The molecule has 3 N–H and O–H groups in total. The SMILES string of the molecule is O=C(NCc1nccs1)Nc1cc(C(=O)O)ccc1Br. The van der Waals surface area contributed by atoms with Crippen molar-refractivity contribution in [2.45, 2.75) is 6.54 Å². The second kappa shape index (κ2) is 6.49. The molecule has 2 amide bonds. The molecule has 0 unspecified atom stereocenters. The average Bonchev–Trinajstić information content (AvgIpc) is 2.92. The Labute approximate surface area is 127 Å². The maximum Gasteiger partial charge on any atom is 0.335 e. The highest BCUT2D eigenvalue weighted by Gasteiger charge is 2.10. The highest BCUT2D eigenvalue weighted by Crippen LogP contribution is 2.23. The van der Waals surface area contributed by atoms with Crippen LogP contribution < -0.4 is 10.6 Å². The van der Waals surface area contributed by atoms with Gasteiger partial charge in [0.1, 0.15) is 5.01 Å². The van der Waals surface area contributed by atoms with Crippen LogP contribution >= 0.6 is 27.3 Å². The fourth-order valence-corrected chi connectivity index (χ4v) is 2.32. The van der Waals surface area contributed by atoms with Gasteiger partial charge in [0.15, 0.2) is 0 Å². The van der Waals surface area contributed by atoms with Crippen LogP contribution in [0.25, 0.3) is 0 Å². The summed E-state index contributed by atoms with van der Waals surface area (Å²) < 4.78 is 0.604. The van der Waals surface area contributed by atoms with E-state index >= 15 is 0 Å². The predicted molar refractivity (Wildman–Crippen MR) is 79.1 cm³/mol. The molecule has 0 spiro atoms. The number of hydrogen-bond acceptors (Lipinski definition) is 4. The lowest BCUT2D eigenvalue weighted by atomic mass is 10.2. The number of thiazole rings is 1. The first-order valence-electron chi connectivity index (χ1n) is 5.52. The standard InChI is InChI=1S/C12H10BrN3O3S/c13-8-2-1-7(11(17)18)5-9(8)16-12(19)15-6-10-14-3-4-20-10/h1-5H,6H2,(H,17,18)(H2,15,16,19). The molecule has 1 aromatic carbocycles. The van der Waals surface area contributed by atoms with Crippen LogP contribution in [-0.4, -0.2) is 22.1 Å². The molecule has 104 valence electrons. The van der Waals surface area contributed by atoms with Gasteiger partial charge in [-0.1, -0.05) is 0 Å². The second-order valence-corrected chi connectivity index (χ2v) is 5.57. The topological polar surface area (TPSA) is 91.3 Å². The lowest BCUT2D eigenvalue weighted by Crippen LogP contribution is -2.28. The van der Waals surface area contributed by atoms with E-state index in [-0.39, 0.29) is 5.56 Å². The van der Waals surface area contributed by atoms with Crippen molar-refractivity contribution in [2.75, 3.05) is 5.32 Å². The lowest BCUT2D eigenvalue weighted by molar-refractivity contribution is 0.0697. The molecule has 6 nitrogen and oxygen atoms in total. The Kier molecular flexibility index (Phi) is 4.70. The summed E-state index contributed by atoms with van der Waals surface area (Å²) >= 11 is 4.69. The molecule has 0 bridgehead atoms. The molecule has 0 fully saturated rings. The molecule has 1 heterocycles. The first-order chi connectivity index (χ1) is 9.56. The predicted octanol–water partition coefficient (Wildman–Crippen LogP) is 2.93. The van der Waals surface area contributed by atoms with Gasteiger partial charge in [-0.05, 0) is 34.1 Å². The van der Waals surface area contributed by atoms with Gasteiger partial charge in [0.2, 0.25) is 0 Å². The molecule has 0 saturated carbocycles. The minimum Gasteiger partial charge on any atom is -0.478 e. The fourth-order valence-electron chi connectivity index (χ4n) is 1.42. The van der Waals surface area contributed by atoms with E-state index in [9.17, 15) is 9.59 Å². The lowest BCUT2D eigenvalue weighted by Gasteiger charge is -2.09. The van der Waals surface area contributed by atoms with Gasteiger partial charge in [0, 0.05) is 16.0 Å². The van der Waals surface area contributed by atoms with Crippen molar-refractivity contribution < 1.29 is 14.7 Å². The van der Waals surface area contributed by atoms with Crippen molar-refractivity contribution in [3.63, 3.8) is 0 Å². The summed E-state index contributed by atoms with van der Waals surface area (Å²) in [4.78, 5) is 26.6. The number of anilines is 1. The first kappa shape index (κ1) is 14.5. The van der Waals surface area contributed by atoms with Gasteiger partial charge in [0.25, 0.3) is 0 Å². The molecule has 1 aromatic heterocycles. The first-order valence-corrected chi connectivity index (χ1v) is 7.19. The highest BCUT2D eigenvalue weighted by molar-refractivity contribution is 9.10. The van der Waals surface area contributed by atoms with Crippen LogP contribution in [0.4, 0.5) is 10.5 Å². The van der Waals surface area contributed by atoms with Gasteiger partial charge in [-0.2, -0.15) is 0 Å². The number of nitrogens with one attached hydrogen (secondary N) is 2. The number of aromatic carboxylic acids is 1. The zero-order valence-corrected chi connectivity index (χ0v) is 12.5. The second-order valence-electron chi connectivity index (χ2n) is 3.73. The number of carboxylic acid groups (broad SMARTS) is 1. The van der Waals surface area contributed by atoms with E-state index in [1.54, 1.807) is 12.3 Å². The van der Waals surface area contributed by atoms with Gasteiger partial charge in [0.05, 0.1) is 17.8 Å². The molecule has 0 aliphatic carbocycles. The van der Waals surface area contributed by atoms with E-state index in [0.29, 0.717) is 16.7 Å². The largest absolute Gasteiger partial charge is 0.478 e. The van der Waals surface area contributed by atoms with Crippen LogP contribution in [0.5, 0.6) is 0 Å². The number of benzene rings is 1. The van der Waals surface area contributed by atoms with E-state index < -0.39 is 12.0 Å². The molecule has 2 aromatic rings. The van der Waals surface area contributed by atoms with Crippen LogP contribution in [0.15, 0.2) is 34.2 Å². The van der Waals surface area contributed by atoms with E-state index in [0.717, 1.165) is 5.01 Å². The normalized spacial score (nSPS) is 10.1. The van der Waals surface area contributed by atoms with Crippen LogP contribution in [0.3, 0.4) is 0 Å². The molecular weight excluding hydrogens is 346 g/mol. The van der Waals surface area contributed by atoms with Gasteiger partial charge in [-0.15, -0.1) is 11.3 Å². The monoisotopic (exact) mass is 355 g/mol. The smallest absolute Gasteiger partial charge is 0.335 e. The zero-order chi connectivity index (χ0) is 14.5. The summed E-state index contributed by atoms with van der Waals surface area (Å²) in [7, 11) is 0. The molecule has 0 atom stereocenters. The summed E-state index contributed by atoms with van der Waals surface area (Å²) in [6.07, 6.45) is 1.66. The molecule has 0 aliphatic heterocycles. The third-order valence-electron chi connectivity index (χ3n) is 2.35. The molecule has 0 radical (unpaired) electrons. The Hall–Kier alpha value is -1.93. The van der Waals surface area contributed by atoms with Gasteiger partial charge in [-0.3, -0.25) is 0 Å². The summed E-state index contributed by atoms with van der Waals surface area (Å²) in [6.45, 7) is 0.319. The van der Waals surface area contributed by atoms with Gasteiger partial charge >= 0.3 is 12.0 Å². The maximum absolute atomic E-state index is 11.7. The fraction of sp³-hybridized carbons (Fsp3) is 0.0833. The van der Waals surface area contributed by atoms with Crippen molar-refractivity contribution in [3.05, 3.63) is 44.8 Å². The number of amides is 2. The van der Waals surface area contributed by atoms with E-state index in [4.69, 9.17) is 5.11 Å². The van der Waals surface area contributed by atoms with Crippen LogP contribution in [0.1, 0.15) is 15.4 Å². The number of aromatic nitrogens is 1. The number of carbonyl (C=O) groups is 2. The minimum atomic E-state index is -1.05. The number of carboxylic acids is 1. The number of urea groups is 1.